The highest BCUT2D eigenvalue weighted by Crippen LogP contribution is 2.38. The Labute approximate surface area is 284 Å². The van der Waals surface area contributed by atoms with E-state index in [1.165, 1.54) is 11.1 Å². The van der Waals surface area contributed by atoms with E-state index in [0.29, 0.717) is 17.5 Å². The fourth-order valence-electron chi connectivity index (χ4n) is 6.51. The number of rotatable bonds is 6. The van der Waals surface area contributed by atoms with E-state index >= 15 is 0 Å². The molecular weight excluding hydrogens is 599 g/mol. The molecule has 0 unspecified atom stereocenters. The van der Waals surface area contributed by atoms with Gasteiger partial charge in [-0.25, -0.2) is 15.0 Å². The Balaban J connectivity index is 1.21. The van der Waals surface area contributed by atoms with Gasteiger partial charge in [-0.2, -0.15) is 0 Å². The molecule has 7 aromatic carbocycles. The lowest BCUT2D eigenvalue weighted by molar-refractivity contribution is 0.669. The van der Waals surface area contributed by atoms with Crippen molar-refractivity contribution in [3.8, 4) is 67.5 Å². The number of nitrogens with zero attached hydrogens (tertiary/aromatic N) is 3. The minimum absolute atomic E-state index is 0.596. The smallest absolute Gasteiger partial charge is 0.164 e. The SMILES string of the molecule is c1ccc(-c2cccc(-c3cccc(-c4nc(-c5ccccc5)nc(-c5cccc6oc7ccc(-c8ccccc8)cc7c56)n4)c3)c2)cc1. The molecule has 230 valence electrons. The van der Waals surface area contributed by atoms with E-state index in [1.807, 2.05) is 60.7 Å². The van der Waals surface area contributed by atoms with Gasteiger partial charge in [-0.05, 0) is 63.7 Å². The van der Waals surface area contributed by atoms with Crippen LogP contribution < -0.4 is 0 Å². The summed E-state index contributed by atoms with van der Waals surface area (Å²) in [6.45, 7) is 0. The van der Waals surface area contributed by atoms with Crippen LogP contribution in [0.5, 0.6) is 0 Å². The average molecular weight is 628 g/mol. The predicted molar refractivity (Wildman–Crippen MR) is 200 cm³/mol. The van der Waals surface area contributed by atoms with Crippen molar-refractivity contribution < 1.29 is 4.42 Å². The maximum absolute atomic E-state index is 6.37. The van der Waals surface area contributed by atoms with Crippen LogP contribution in [0.2, 0.25) is 0 Å². The highest BCUT2D eigenvalue weighted by Gasteiger charge is 2.18. The van der Waals surface area contributed by atoms with Crippen LogP contribution in [0.25, 0.3) is 89.5 Å². The molecule has 0 N–H and O–H groups in total. The summed E-state index contributed by atoms with van der Waals surface area (Å²) in [4.78, 5) is 15.3. The molecule has 0 amide bonds. The summed E-state index contributed by atoms with van der Waals surface area (Å²) in [6.07, 6.45) is 0. The number of fused-ring (bicyclic) bond motifs is 3. The maximum atomic E-state index is 6.37. The van der Waals surface area contributed by atoms with Gasteiger partial charge >= 0.3 is 0 Å². The zero-order chi connectivity index (χ0) is 32.6. The number of benzene rings is 7. The zero-order valence-electron chi connectivity index (χ0n) is 26.5. The molecule has 4 nitrogen and oxygen atoms in total. The third kappa shape index (κ3) is 5.45. The van der Waals surface area contributed by atoms with Gasteiger partial charge in [0, 0.05) is 27.5 Å². The van der Waals surface area contributed by atoms with Crippen LogP contribution in [0.15, 0.2) is 180 Å². The van der Waals surface area contributed by atoms with E-state index in [-0.39, 0.29) is 0 Å². The van der Waals surface area contributed by atoms with Crippen molar-refractivity contribution in [2.45, 2.75) is 0 Å². The minimum Gasteiger partial charge on any atom is -0.456 e. The highest BCUT2D eigenvalue weighted by molar-refractivity contribution is 6.12. The quantitative estimate of drug-likeness (QED) is 0.184. The molecule has 0 spiro atoms. The van der Waals surface area contributed by atoms with Gasteiger partial charge in [0.25, 0.3) is 0 Å². The minimum atomic E-state index is 0.596. The zero-order valence-corrected chi connectivity index (χ0v) is 26.5. The van der Waals surface area contributed by atoms with Crippen LogP contribution in [0.3, 0.4) is 0 Å². The first-order valence-electron chi connectivity index (χ1n) is 16.4. The fraction of sp³-hybridized carbons (Fsp3) is 0. The molecule has 0 bridgehead atoms. The first-order chi connectivity index (χ1) is 24.3. The Morgan fingerprint density at radius 1 is 0.306 bits per heavy atom. The van der Waals surface area contributed by atoms with Gasteiger partial charge in [0.05, 0.1) is 0 Å². The van der Waals surface area contributed by atoms with E-state index in [4.69, 9.17) is 19.4 Å². The molecule has 49 heavy (non-hydrogen) atoms. The monoisotopic (exact) mass is 627 g/mol. The molecule has 2 aromatic heterocycles. The van der Waals surface area contributed by atoms with E-state index < -0.39 is 0 Å². The van der Waals surface area contributed by atoms with E-state index in [1.54, 1.807) is 0 Å². The van der Waals surface area contributed by atoms with Crippen LogP contribution in [0.1, 0.15) is 0 Å². The summed E-state index contributed by atoms with van der Waals surface area (Å²) in [5.41, 5.74) is 11.2. The molecule has 9 rings (SSSR count). The van der Waals surface area contributed by atoms with Gasteiger partial charge in [-0.1, -0.05) is 146 Å². The first-order valence-corrected chi connectivity index (χ1v) is 16.4. The summed E-state index contributed by atoms with van der Waals surface area (Å²) in [5.74, 6) is 1.82. The lowest BCUT2D eigenvalue weighted by Crippen LogP contribution is -2.00. The standard InChI is InChI=1S/C45H29N3O/c1-4-13-30(14-5-1)33-19-10-20-34(27-33)35-21-11-22-37(28-35)44-46-43(32-17-8-3-9-18-32)47-45(48-44)38-23-12-24-41-42(38)39-29-36(25-26-40(39)49-41)31-15-6-2-7-16-31/h1-29H. The number of hydrogen-bond donors (Lipinski definition) is 0. The third-order valence-corrected chi connectivity index (χ3v) is 8.93. The molecule has 0 radical (unpaired) electrons. The van der Waals surface area contributed by atoms with E-state index in [0.717, 1.165) is 60.9 Å². The van der Waals surface area contributed by atoms with Crippen LogP contribution in [-0.2, 0) is 0 Å². The highest BCUT2D eigenvalue weighted by atomic mass is 16.3. The largest absolute Gasteiger partial charge is 0.456 e. The second kappa shape index (κ2) is 12.2. The van der Waals surface area contributed by atoms with Crippen molar-refractivity contribution in [2.24, 2.45) is 0 Å². The van der Waals surface area contributed by atoms with Crippen LogP contribution in [0, 0.1) is 0 Å². The van der Waals surface area contributed by atoms with E-state index in [9.17, 15) is 0 Å². The lowest BCUT2D eigenvalue weighted by atomic mass is 9.98. The summed E-state index contributed by atoms with van der Waals surface area (Å²) >= 11 is 0. The first kappa shape index (κ1) is 28.6. The summed E-state index contributed by atoms with van der Waals surface area (Å²) in [7, 11) is 0. The molecule has 0 atom stereocenters. The predicted octanol–water partition coefficient (Wildman–Crippen LogP) is 11.8. The van der Waals surface area contributed by atoms with Crippen molar-refractivity contribution >= 4 is 21.9 Å². The number of hydrogen-bond acceptors (Lipinski definition) is 4. The maximum Gasteiger partial charge on any atom is 0.164 e. The fourth-order valence-corrected chi connectivity index (χ4v) is 6.51. The average Bonchev–Trinajstić information content (AvgIpc) is 3.57. The molecular formula is C45H29N3O. The second-order valence-corrected chi connectivity index (χ2v) is 12.1. The Morgan fingerprint density at radius 3 is 1.43 bits per heavy atom. The number of furan rings is 1. The van der Waals surface area contributed by atoms with Crippen LogP contribution >= 0.6 is 0 Å². The van der Waals surface area contributed by atoms with Gasteiger partial charge in [-0.15, -0.1) is 0 Å². The molecule has 4 heteroatoms. The van der Waals surface area contributed by atoms with Gasteiger partial charge < -0.3 is 4.42 Å². The Morgan fingerprint density at radius 2 is 0.776 bits per heavy atom. The van der Waals surface area contributed by atoms with Crippen LogP contribution in [-0.4, -0.2) is 15.0 Å². The molecule has 0 fully saturated rings. The Bertz CT molecular complexity index is 2590. The van der Waals surface area contributed by atoms with E-state index in [2.05, 4.69) is 115 Å². The molecule has 0 aliphatic carbocycles. The molecule has 0 aliphatic rings. The summed E-state index contributed by atoms with van der Waals surface area (Å²) in [6, 6.07) is 60.5. The molecule has 2 heterocycles. The van der Waals surface area contributed by atoms with Crippen molar-refractivity contribution in [3.63, 3.8) is 0 Å². The molecule has 0 aliphatic heterocycles. The lowest BCUT2D eigenvalue weighted by Gasteiger charge is -2.11. The number of aromatic nitrogens is 3. The molecule has 0 saturated carbocycles. The summed E-state index contributed by atoms with van der Waals surface area (Å²) in [5, 5.41) is 2.01. The molecule has 9 aromatic rings. The van der Waals surface area contributed by atoms with Crippen molar-refractivity contribution in [2.75, 3.05) is 0 Å². The Kier molecular flexibility index (Phi) is 7.10. The normalized spacial score (nSPS) is 11.3. The Hall–Kier alpha value is -6.65. The topological polar surface area (TPSA) is 51.8 Å². The van der Waals surface area contributed by atoms with Gasteiger partial charge in [0.15, 0.2) is 17.5 Å². The third-order valence-electron chi connectivity index (χ3n) is 8.93. The second-order valence-electron chi connectivity index (χ2n) is 12.1. The van der Waals surface area contributed by atoms with Crippen molar-refractivity contribution in [1.82, 2.24) is 15.0 Å². The van der Waals surface area contributed by atoms with Gasteiger partial charge in [0.2, 0.25) is 0 Å². The summed E-state index contributed by atoms with van der Waals surface area (Å²) < 4.78 is 6.37. The van der Waals surface area contributed by atoms with Gasteiger partial charge in [-0.3, -0.25) is 0 Å². The van der Waals surface area contributed by atoms with Crippen molar-refractivity contribution in [3.05, 3.63) is 176 Å². The van der Waals surface area contributed by atoms with Crippen molar-refractivity contribution in [1.29, 1.82) is 0 Å². The molecule has 0 saturated heterocycles. The van der Waals surface area contributed by atoms with Crippen LogP contribution in [0.4, 0.5) is 0 Å². The van der Waals surface area contributed by atoms with Gasteiger partial charge in [0.1, 0.15) is 11.2 Å².